The highest BCUT2D eigenvalue weighted by Crippen LogP contribution is 2.22. The molecule has 0 bridgehead atoms. The van der Waals surface area contributed by atoms with Gasteiger partial charge in [0.05, 0.1) is 0 Å². The predicted octanol–water partition coefficient (Wildman–Crippen LogP) is 3.71. The topological polar surface area (TPSA) is 44.4 Å². The van der Waals surface area contributed by atoms with Crippen molar-refractivity contribution in [2.24, 2.45) is 5.92 Å². The van der Waals surface area contributed by atoms with Crippen molar-refractivity contribution in [3.05, 3.63) is 71.0 Å². The number of fused-ring (bicyclic) bond motifs is 1. The van der Waals surface area contributed by atoms with Crippen LogP contribution in [0.25, 0.3) is 0 Å². The lowest BCUT2D eigenvalue weighted by atomic mass is 9.95. The van der Waals surface area contributed by atoms with Gasteiger partial charge in [-0.2, -0.15) is 0 Å². The van der Waals surface area contributed by atoms with Gasteiger partial charge >= 0.3 is 6.03 Å². The molecule has 5 heteroatoms. The van der Waals surface area contributed by atoms with Crippen LogP contribution in [0.1, 0.15) is 30.5 Å². The Balaban J connectivity index is 1.51. The molecule has 3 rings (SSSR count). The Labute approximate surface area is 160 Å². The van der Waals surface area contributed by atoms with Gasteiger partial charge < -0.3 is 10.6 Å². The molecule has 2 N–H and O–H groups in total. The summed E-state index contributed by atoms with van der Waals surface area (Å²) in [6.07, 6.45) is 1.05. The van der Waals surface area contributed by atoms with Crippen molar-refractivity contribution in [2.45, 2.75) is 39.4 Å². The molecule has 1 aliphatic rings. The van der Waals surface area contributed by atoms with Gasteiger partial charge in [0.25, 0.3) is 0 Å². The van der Waals surface area contributed by atoms with Crippen LogP contribution in [-0.4, -0.2) is 30.1 Å². The number of rotatable bonds is 6. The molecule has 0 unspecified atom stereocenters. The second-order valence-corrected chi connectivity index (χ2v) is 7.49. The molecular formula is C22H28FN3O. The zero-order valence-electron chi connectivity index (χ0n) is 16.0. The molecule has 2 aromatic rings. The van der Waals surface area contributed by atoms with Crippen LogP contribution in [-0.2, 0) is 19.5 Å². The number of carbonyl (C=O) groups excluding carboxylic acids is 1. The summed E-state index contributed by atoms with van der Waals surface area (Å²) in [6.45, 7) is 7.33. The molecule has 0 saturated carbocycles. The largest absolute Gasteiger partial charge is 0.337 e. The summed E-state index contributed by atoms with van der Waals surface area (Å²) in [7, 11) is 0. The number of carbonyl (C=O) groups is 1. The van der Waals surface area contributed by atoms with Crippen LogP contribution in [0.5, 0.6) is 0 Å². The lowest BCUT2D eigenvalue weighted by Gasteiger charge is -2.38. The quantitative estimate of drug-likeness (QED) is 0.815. The van der Waals surface area contributed by atoms with Crippen LogP contribution in [0, 0.1) is 11.7 Å². The maximum atomic E-state index is 12.9. The summed E-state index contributed by atoms with van der Waals surface area (Å²) in [4.78, 5) is 14.6. The number of hydrogen-bond acceptors (Lipinski definition) is 2. The average Bonchev–Trinajstić information content (AvgIpc) is 2.67. The summed E-state index contributed by atoms with van der Waals surface area (Å²) in [6, 6.07) is 14.8. The normalized spacial score (nSPS) is 15.3. The van der Waals surface area contributed by atoms with E-state index >= 15 is 0 Å². The number of amides is 2. The van der Waals surface area contributed by atoms with Gasteiger partial charge in [0, 0.05) is 32.2 Å². The molecule has 2 amide bonds. The molecule has 27 heavy (non-hydrogen) atoms. The van der Waals surface area contributed by atoms with Crippen molar-refractivity contribution in [3.8, 4) is 0 Å². The third-order valence-electron chi connectivity index (χ3n) is 5.24. The smallest absolute Gasteiger partial charge is 0.315 e. The molecule has 1 aliphatic heterocycles. The SMILES string of the molecule is CC(C)[C@@H](CNC(=O)NCc1ccc(F)cc1)N1CCc2ccccc2C1. The Morgan fingerprint density at radius 1 is 1.07 bits per heavy atom. The maximum Gasteiger partial charge on any atom is 0.315 e. The first kappa shape index (κ1) is 19.4. The highest BCUT2D eigenvalue weighted by molar-refractivity contribution is 5.73. The molecule has 0 spiro atoms. The molecule has 0 fully saturated rings. The van der Waals surface area contributed by atoms with E-state index in [1.54, 1.807) is 12.1 Å². The molecule has 4 nitrogen and oxygen atoms in total. The van der Waals surface area contributed by atoms with Crippen molar-refractivity contribution in [1.82, 2.24) is 15.5 Å². The minimum Gasteiger partial charge on any atom is -0.337 e. The molecule has 144 valence electrons. The summed E-state index contributed by atoms with van der Waals surface area (Å²) in [5.41, 5.74) is 3.69. The third kappa shape index (κ3) is 5.30. The number of urea groups is 1. The lowest BCUT2D eigenvalue weighted by Crippen LogP contribution is -2.50. The number of nitrogens with one attached hydrogen (secondary N) is 2. The van der Waals surface area contributed by atoms with Crippen LogP contribution in [0.2, 0.25) is 0 Å². The Kier molecular flexibility index (Phi) is 6.45. The van der Waals surface area contributed by atoms with Crippen molar-refractivity contribution in [2.75, 3.05) is 13.1 Å². The first-order chi connectivity index (χ1) is 13.0. The number of nitrogens with zero attached hydrogens (tertiary/aromatic N) is 1. The van der Waals surface area contributed by atoms with Crippen LogP contribution in [0.3, 0.4) is 0 Å². The molecule has 0 aliphatic carbocycles. The molecule has 2 aromatic carbocycles. The van der Waals surface area contributed by atoms with Crippen molar-refractivity contribution in [1.29, 1.82) is 0 Å². The monoisotopic (exact) mass is 369 g/mol. The van der Waals surface area contributed by atoms with Crippen LogP contribution >= 0.6 is 0 Å². The van der Waals surface area contributed by atoms with Gasteiger partial charge in [-0.05, 0) is 41.2 Å². The highest BCUT2D eigenvalue weighted by atomic mass is 19.1. The van der Waals surface area contributed by atoms with Crippen LogP contribution in [0.15, 0.2) is 48.5 Å². The Morgan fingerprint density at radius 2 is 1.78 bits per heavy atom. The van der Waals surface area contributed by atoms with E-state index in [0.717, 1.165) is 25.1 Å². The van der Waals surface area contributed by atoms with Gasteiger partial charge in [0.2, 0.25) is 0 Å². The molecule has 0 aromatic heterocycles. The summed E-state index contributed by atoms with van der Waals surface area (Å²) < 4.78 is 12.9. The predicted molar refractivity (Wildman–Crippen MR) is 106 cm³/mol. The molecule has 1 atom stereocenters. The summed E-state index contributed by atoms with van der Waals surface area (Å²) >= 11 is 0. The van der Waals surface area contributed by atoms with Gasteiger partial charge in [-0.25, -0.2) is 9.18 Å². The minimum absolute atomic E-state index is 0.192. The third-order valence-corrected chi connectivity index (χ3v) is 5.24. The van der Waals surface area contributed by atoms with Crippen molar-refractivity contribution >= 4 is 6.03 Å². The first-order valence-electron chi connectivity index (χ1n) is 9.60. The summed E-state index contributed by atoms with van der Waals surface area (Å²) in [5, 5.41) is 5.84. The molecular weight excluding hydrogens is 341 g/mol. The van der Waals surface area contributed by atoms with E-state index in [1.165, 1.54) is 23.3 Å². The van der Waals surface area contributed by atoms with Gasteiger partial charge in [-0.3, -0.25) is 4.90 Å². The van der Waals surface area contributed by atoms with Gasteiger partial charge in [0.1, 0.15) is 5.82 Å². The van der Waals surface area contributed by atoms with E-state index < -0.39 is 0 Å². The van der Waals surface area contributed by atoms with Crippen LogP contribution < -0.4 is 10.6 Å². The Bertz CT molecular complexity index is 760. The fraction of sp³-hybridized carbons (Fsp3) is 0.409. The highest BCUT2D eigenvalue weighted by Gasteiger charge is 2.26. The minimum atomic E-state index is -0.272. The maximum absolute atomic E-state index is 12.9. The second kappa shape index (κ2) is 9.00. The van der Waals surface area contributed by atoms with E-state index in [1.807, 2.05) is 0 Å². The van der Waals surface area contributed by atoms with Crippen molar-refractivity contribution in [3.63, 3.8) is 0 Å². The van der Waals surface area contributed by atoms with Crippen LogP contribution in [0.4, 0.5) is 9.18 Å². The first-order valence-corrected chi connectivity index (χ1v) is 9.60. The molecule has 0 radical (unpaired) electrons. The zero-order valence-corrected chi connectivity index (χ0v) is 16.0. The summed E-state index contributed by atoms with van der Waals surface area (Å²) in [5.74, 6) is 0.166. The van der Waals surface area contributed by atoms with Gasteiger partial charge in [-0.1, -0.05) is 50.2 Å². The molecule has 1 heterocycles. The molecule has 0 saturated heterocycles. The zero-order chi connectivity index (χ0) is 19.2. The fourth-order valence-electron chi connectivity index (χ4n) is 3.63. The standard InChI is InChI=1S/C22H28FN3O/c1-16(2)21(26-12-11-18-5-3-4-6-19(18)15-26)14-25-22(27)24-13-17-7-9-20(23)10-8-17/h3-10,16,21H,11-15H2,1-2H3,(H2,24,25,27)/t21-/m1/s1. The fourth-order valence-corrected chi connectivity index (χ4v) is 3.63. The number of hydrogen-bond donors (Lipinski definition) is 2. The number of halogens is 1. The van der Waals surface area contributed by atoms with Crippen molar-refractivity contribution < 1.29 is 9.18 Å². The van der Waals surface area contributed by atoms with E-state index in [2.05, 4.69) is 53.6 Å². The van der Waals surface area contributed by atoms with E-state index in [4.69, 9.17) is 0 Å². The average molecular weight is 369 g/mol. The number of benzene rings is 2. The second-order valence-electron chi connectivity index (χ2n) is 7.49. The van der Waals surface area contributed by atoms with E-state index in [-0.39, 0.29) is 17.9 Å². The Hall–Kier alpha value is -2.40. The van der Waals surface area contributed by atoms with E-state index in [9.17, 15) is 9.18 Å². The Morgan fingerprint density at radius 3 is 2.48 bits per heavy atom. The van der Waals surface area contributed by atoms with Gasteiger partial charge in [-0.15, -0.1) is 0 Å². The van der Waals surface area contributed by atoms with E-state index in [0.29, 0.717) is 19.0 Å². The lowest BCUT2D eigenvalue weighted by molar-refractivity contribution is 0.137. The van der Waals surface area contributed by atoms with Gasteiger partial charge in [0.15, 0.2) is 0 Å².